The van der Waals surface area contributed by atoms with Crippen LogP contribution in [-0.2, 0) is 17.8 Å². The Morgan fingerprint density at radius 3 is 2.66 bits per heavy atom. The smallest absolute Gasteiger partial charge is 0.410 e. The van der Waals surface area contributed by atoms with Crippen molar-refractivity contribution in [2.75, 3.05) is 13.7 Å². The van der Waals surface area contributed by atoms with Crippen LogP contribution in [-0.4, -0.2) is 35.2 Å². The first-order valence-electron chi connectivity index (χ1n) is 11.4. The van der Waals surface area contributed by atoms with Crippen molar-refractivity contribution in [3.8, 4) is 11.5 Å². The number of pyridine rings is 1. The maximum Gasteiger partial charge on any atom is 0.410 e. The molecule has 1 aliphatic heterocycles. The van der Waals surface area contributed by atoms with E-state index in [4.69, 9.17) is 14.2 Å². The number of ether oxygens (including phenoxy) is 3. The molecule has 1 aromatic carbocycles. The van der Waals surface area contributed by atoms with Crippen LogP contribution in [0.25, 0.3) is 0 Å². The second-order valence-electron chi connectivity index (χ2n) is 9.36. The fourth-order valence-corrected chi connectivity index (χ4v) is 4.05. The zero-order valence-electron chi connectivity index (χ0n) is 20.4. The molecule has 6 heteroatoms. The summed E-state index contributed by atoms with van der Waals surface area (Å²) in [6.07, 6.45) is 1.30. The van der Waals surface area contributed by atoms with Gasteiger partial charge in [0.15, 0.2) is 0 Å². The van der Waals surface area contributed by atoms with E-state index < -0.39 is 5.60 Å². The molecule has 0 spiro atoms. The maximum absolute atomic E-state index is 13.0. The predicted octanol–water partition coefficient (Wildman–Crippen LogP) is 5.86. The Morgan fingerprint density at radius 2 is 2.00 bits per heavy atom. The number of amides is 1. The molecular formula is C26H36N2O4. The standard InChI is InChI=1S/C26H36N2O4/c1-8-26(5,6)32-25(29)28-14-13-19-15-20(10-11-21(19)24(28)17(2)3)31-16-22-23(30-7)12-9-18(4)27-22/h9-12,15,17,24H,8,13-14,16H2,1-7H3/t24-/m0/s1. The third kappa shape index (κ3) is 5.34. The molecule has 1 aliphatic rings. The summed E-state index contributed by atoms with van der Waals surface area (Å²) in [5.41, 5.74) is 3.60. The van der Waals surface area contributed by atoms with Crippen molar-refractivity contribution in [3.63, 3.8) is 0 Å². The highest BCUT2D eigenvalue weighted by Crippen LogP contribution is 2.38. The van der Waals surface area contributed by atoms with Crippen molar-refractivity contribution in [2.24, 2.45) is 5.92 Å². The minimum atomic E-state index is -0.471. The van der Waals surface area contributed by atoms with Crippen molar-refractivity contribution in [2.45, 2.75) is 72.6 Å². The van der Waals surface area contributed by atoms with E-state index in [2.05, 4.69) is 31.0 Å². The van der Waals surface area contributed by atoms with Gasteiger partial charge >= 0.3 is 6.09 Å². The Bertz CT molecular complexity index is 955. The van der Waals surface area contributed by atoms with Gasteiger partial charge in [-0.15, -0.1) is 0 Å². The molecule has 1 aromatic heterocycles. The molecule has 0 bridgehead atoms. The average Bonchev–Trinajstić information content (AvgIpc) is 2.76. The Balaban J connectivity index is 1.79. The summed E-state index contributed by atoms with van der Waals surface area (Å²) in [5.74, 6) is 1.77. The van der Waals surface area contributed by atoms with Crippen LogP contribution in [0.4, 0.5) is 4.79 Å². The number of aryl methyl sites for hydroxylation is 1. The summed E-state index contributed by atoms with van der Waals surface area (Å²) in [6, 6.07) is 9.96. The predicted molar refractivity (Wildman–Crippen MR) is 125 cm³/mol. The quantitative estimate of drug-likeness (QED) is 0.540. The highest BCUT2D eigenvalue weighted by Gasteiger charge is 2.36. The second kappa shape index (κ2) is 9.80. The van der Waals surface area contributed by atoms with Gasteiger partial charge < -0.3 is 19.1 Å². The largest absolute Gasteiger partial charge is 0.495 e. The zero-order valence-corrected chi connectivity index (χ0v) is 20.4. The van der Waals surface area contributed by atoms with E-state index in [0.717, 1.165) is 41.3 Å². The summed E-state index contributed by atoms with van der Waals surface area (Å²) in [6.45, 7) is 13.1. The van der Waals surface area contributed by atoms with Gasteiger partial charge in [0, 0.05) is 12.2 Å². The van der Waals surface area contributed by atoms with Gasteiger partial charge in [-0.05, 0) is 74.9 Å². The Morgan fingerprint density at radius 1 is 1.25 bits per heavy atom. The summed E-state index contributed by atoms with van der Waals surface area (Å²) < 4.78 is 17.3. The lowest BCUT2D eigenvalue weighted by atomic mass is 9.86. The molecule has 6 nitrogen and oxygen atoms in total. The van der Waals surface area contributed by atoms with E-state index >= 15 is 0 Å². The Hall–Kier alpha value is -2.76. The van der Waals surface area contributed by atoms with Crippen LogP contribution >= 0.6 is 0 Å². The molecule has 2 aromatic rings. The van der Waals surface area contributed by atoms with Gasteiger partial charge in [-0.3, -0.25) is 4.98 Å². The molecule has 32 heavy (non-hydrogen) atoms. The van der Waals surface area contributed by atoms with Crippen LogP contribution in [0.5, 0.6) is 11.5 Å². The van der Waals surface area contributed by atoms with Gasteiger partial charge in [0.05, 0.1) is 13.2 Å². The normalized spacial score (nSPS) is 16.0. The van der Waals surface area contributed by atoms with Crippen molar-refractivity contribution in [1.29, 1.82) is 0 Å². The lowest BCUT2D eigenvalue weighted by Gasteiger charge is -2.40. The topological polar surface area (TPSA) is 60.9 Å². The molecule has 3 rings (SSSR count). The van der Waals surface area contributed by atoms with Crippen molar-refractivity contribution < 1.29 is 19.0 Å². The van der Waals surface area contributed by atoms with Crippen LogP contribution < -0.4 is 9.47 Å². The number of nitrogens with zero attached hydrogens (tertiary/aromatic N) is 2. The fourth-order valence-electron chi connectivity index (χ4n) is 4.05. The zero-order chi connectivity index (χ0) is 23.5. The number of fused-ring (bicyclic) bond motifs is 1. The molecule has 2 heterocycles. The number of hydrogen-bond acceptors (Lipinski definition) is 5. The molecule has 0 unspecified atom stereocenters. The first kappa shape index (κ1) is 23.9. The number of benzene rings is 1. The summed E-state index contributed by atoms with van der Waals surface area (Å²) >= 11 is 0. The molecule has 0 saturated heterocycles. The third-order valence-corrected chi connectivity index (χ3v) is 6.14. The van der Waals surface area contributed by atoms with Crippen molar-refractivity contribution in [3.05, 3.63) is 52.8 Å². The first-order chi connectivity index (χ1) is 15.1. The van der Waals surface area contributed by atoms with Crippen LogP contribution in [0, 0.1) is 12.8 Å². The first-order valence-corrected chi connectivity index (χ1v) is 11.4. The highest BCUT2D eigenvalue weighted by atomic mass is 16.6. The van der Waals surface area contributed by atoms with E-state index in [9.17, 15) is 4.79 Å². The molecular weight excluding hydrogens is 404 g/mol. The number of carbonyl (C=O) groups excluding carboxylic acids is 1. The minimum absolute atomic E-state index is 0.0218. The van der Waals surface area contributed by atoms with Crippen LogP contribution in [0.1, 0.15) is 69.6 Å². The number of carbonyl (C=O) groups is 1. The van der Waals surface area contributed by atoms with Gasteiger partial charge in [0.1, 0.15) is 29.4 Å². The molecule has 0 fully saturated rings. The van der Waals surface area contributed by atoms with E-state index in [1.807, 2.05) is 50.8 Å². The summed E-state index contributed by atoms with van der Waals surface area (Å²) in [7, 11) is 1.64. The number of hydrogen-bond donors (Lipinski definition) is 0. The van der Waals surface area contributed by atoms with Gasteiger partial charge in [-0.1, -0.05) is 26.8 Å². The molecule has 174 valence electrons. The molecule has 0 saturated carbocycles. The van der Waals surface area contributed by atoms with Gasteiger partial charge in [-0.25, -0.2) is 4.79 Å². The summed E-state index contributed by atoms with van der Waals surface area (Å²) in [5, 5.41) is 0. The van der Waals surface area contributed by atoms with Crippen LogP contribution in [0.15, 0.2) is 30.3 Å². The van der Waals surface area contributed by atoms with Crippen LogP contribution in [0.2, 0.25) is 0 Å². The molecule has 1 atom stereocenters. The lowest BCUT2D eigenvalue weighted by molar-refractivity contribution is -0.00279. The highest BCUT2D eigenvalue weighted by molar-refractivity contribution is 5.69. The molecule has 0 aliphatic carbocycles. The monoisotopic (exact) mass is 440 g/mol. The molecule has 0 N–H and O–H groups in total. The maximum atomic E-state index is 13.0. The van der Waals surface area contributed by atoms with Crippen molar-refractivity contribution >= 4 is 6.09 Å². The summed E-state index contributed by atoms with van der Waals surface area (Å²) in [4.78, 5) is 19.4. The second-order valence-corrected chi connectivity index (χ2v) is 9.36. The SMILES string of the molecule is CCC(C)(C)OC(=O)N1CCc2cc(OCc3nc(C)ccc3OC)ccc2[C@@H]1C(C)C. The number of rotatable bonds is 7. The van der Waals surface area contributed by atoms with Gasteiger partial charge in [0.2, 0.25) is 0 Å². The number of methoxy groups -OCH3 is 1. The number of aromatic nitrogens is 1. The molecule has 0 radical (unpaired) electrons. The minimum Gasteiger partial charge on any atom is -0.495 e. The Labute approximate surface area is 191 Å². The average molecular weight is 441 g/mol. The van der Waals surface area contributed by atoms with Gasteiger partial charge in [0.25, 0.3) is 0 Å². The van der Waals surface area contributed by atoms with E-state index in [1.54, 1.807) is 7.11 Å². The van der Waals surface area contributed by atoms with Crippen LogP contribution in [0.3, 0.4) is 0 Å². The lowest BCUT2D eigenvalue weighted by Crippen LogP contribution is -2.45. The molecule has 1 amide bonds. The van der Waals surface area contributed by atoms with Gasteiger partial charge in [-0.2, -0.15) is 0 Å². The van der Waals surface area contributed by atoms with E-state index in [-0.39, 0.29) is 18.1 Å². The van der Waals surface area contributed by atoms with E-state index in [0.29, 0.717) is 13.2 Å². The fraction of sp³-hybridized carbons (Fsp3) is 0.538. The van der Waals surface area contributed by atoms with Crippen molar-refractivity contribution in [1.82, 2.24) is 9.88 Å². The third-order valence-electron chi connectivity index (χ3n) is 6.14. The van der Waals surface area contributed by atoms with E-state index in [1.165, 1.54) is 5.56 Å². The Kier molecular flexibility index (Phi) is 7.32.